The molecule has 168 valence electrons. The van der Waals surface area contributed by atoms with E-state index < -0.39 is 16.2 Å². The molecule has 3 aliphatic carbocycles. The maximum Gasteiger partial charge on any atom is 0.175 e. The normalized spacial score (nSPS) is 28.5. The second-order valence-electron chi connectivity index (χ2n) is 9.86. The predicted octanol–water partition coefficient (Wildman–Crippen LogP) is 5.68. The van der Waals surface area contributed by atoms with Gasteiger partial charge in [0.25, 0.3) is 0 Å². The lowest BCUT2D eigenvalue weighted by atomic mass is 9.75. The van der Waals surface area contributed by atoms with Gasteiger partial charge in [-0.3, -0.25) is 14.4 Å². The highest BCUT2D eigenvalue weighted by Crippen LogP contribution is 2.93. The first kappa shape index (κ1) is 20.3. The lowest BCUT2D eigenvalue weighted by Crippen LogP contribution is -2.35. The molecule has 0 spiro atoms. The van der Waals surface area contributed by atoms with E-state index in [9.17, 15) is 14.4 Å². The Morgan fingerprint density at radius 1 is 0.543 bits per heavy atom. The summed E-state index contributed by atoms with van der Waals surface area (Å²) in [5, 5.41) is 0. The minimum absolute atomic E-state index is 0.129. The smallest absolute Gasteiger partial charge is 0.175 e. The molecule has 0 heterocycles. The summed E-state index contributed by atoms with van der Waals surface area (Å²) in [7, 11) is 0. The molecule has 0 bridgehead atoms. The fourth-order valence-electron chi connectivity index (χ4n) is 7.96. The Morgan fingerprint density at radius 3 is 1.49 bits per heavy atom. The third-order valence-electron chi connectivity index (χ3n) is 8.77. The zero-order chi connectivity index (χ0) is 24.0. The first-order valence-corrected chi connectivity index (χ1v) is 12.0. The molecule has 4 atom stereocenters. The number of rotatable bonds is 5. The average Bonchev–Trinajstić information content (AvgIpc) is 3.27. The molecule has 1 saturated carbocycles. The molecular weight excluding hydrogens is 432 g/mol. The number of hydrogen-bond acceptors (Lipinski definition) is 3. The van der Waals surface area contributed by atoms with Crippen LogP contribution in [0.25, 0.3) is 0 Å². The largest absolute Gasteiger partial charge is 0.299 e. The molecule has 4 aromatic rings. The number of ketones is 3. The maximum atomic E-state index is 14.8. The van der Waals surface area contributed by atoms with E-state index >= 15 is 0 Å². The second-order valence-corrected chi connectivity index (χ2v) is 9.86. The van der Waals surface area contributed by atoms with Crippen LogP contribution in [-0.4, -0.2) is 17.3 Å². The van der Waals surface area contributed by atoms with Crippen LogP contribution in [0.5, 0.6) is 0 Å². The zero-order valence-electron chi connectivity index (χ0n) is 19.2. The molecule has 7 rings (SSSR count). The van der Waals surface area contributed by atoms with Gasteiger partial charge in [0.05, 0.1) is 16.2 Å². The third-order valence-corrected chi connectivity index (χ3v) is 8.77. The minimum atomic E-state index is -1.28. The van der Waals surface area contributed by atoms with Gasteiger partial charge in [-0.15, -0.1) is 0 Å². The molecule has 0 aromatic heterocycles. The zero-order valence-corrected chi connectivity index (χ0v) is 19.2. The number of Topliss-reactive ketones (excluding diaryl/α,β-unsaturated/α-hetero) is 3. The highest BCUT2D eigenvalue weighted by molar-refractivity contribution is 6.29. The summed E-state index contributed by atoms with van der Waals surface area (Å²) in [4.78, 5) is 43.4. The lowest BCUT2D eigenvalue weighted by Gasteiger charge is -2.24. The van der Waals surface area contributed by atoms with Gasteiger partial charge in [0.1, 0.15) is 5.78 Å². The Kier molecular flexibility index (Phi) is 3.77. The van der Waals surface area contributed by atoms with Crippen molar-refractivity contribution < 1.29 is 14.4 Å². The lowest BCUT2D eigenvalue weighted by molar-refractivity contribution is -0.120. The topological polar surface area (TPSA) is 51.2 Å². The van der Waals surface area contributed by atoms with Crippen LogP contribution in [0.2, 0.25) is 0 Å². The number of carbonyl (C=O) groups excluding carboxylic acids is 3. The summed E-state index contributed by atoms with van der Waals surface area (Å²) in [6, 6.07) is 34.0. The Hall–Kier alpha value is -4.11. The van der Waals surface area contributed by atoms with E-state index in [1.165, 1.54) is 0 Å². The van der Waals surface area contributed by atoms with Crippen molar-refractivity contribution in [1.82, 2.24) is 0 Å². The third kappa shape index (κ3) is 1.89. The van der Waals surface area contributed by atoms with Gasteiger partial charge >= 0.3 is 0 Å². The Balaban J connectivity index is 1.66. The molecule has 35 heavy (non-hydrogen) atoms. The van der Waals surface area contributed by atoms with Gasteiger partial charge in [0.15, 0.2) is 11.6 Å². The van der Waals surface area contributed by atoms with Crippen LogP contribution in [-0.2, 0) is 15.6 Å². The standard InChI is InChI=1S/C32H22O3/c1-20(33)30-25-18-10-8-16-23(25)27-24-17-9-11-19-26(24)31(30,28(34)21-12-4-2-5-13-21)32(27,30)29(35)22-14-6-3-7-15-22/h2-19,27H,1H3/t27-,30-,31-,32-/m0/s1. The van der Waals surface area contributed by atoms with Crippen LogP contribution in [0.4, 0.5) is 0 Å². The number of hydrogen-bond donors (Lipinski definition) is 0. The van der Waals surface area contributed by atoms with Gasteiger partial charge in [0, 0.05) is 17.0 Å². The molecular formula is C32H22O3. The van der Waals surface area contributed by atoms with Crippen molar-refractivity contribution in [2.75, 3.05) is 0 Å². The van der Waals surface area contributed by atoms with E-state index in [-0.39, 0.29) is 23.3 Å². The van der Waals surface area contributed by atoms with Crippen molar-refractivity contribution in [2.45, 2.75) is 23.7 Å². The summed E-state index contributed by atoms with van der Waals surface area (Å²) >= 11 is 0. The Bertz CT molecular complexity index is 1570. The van der Waals surface area contributed by atoms with Crippen molar-refractivity contribution in [3.63, 3.8) is 0 Å². The molecule has 3 nitrogen and oxygen atoms in total. The monoisotopic (exact) mass is 454 g/mol. The van der Waals surface area contributed by atoms with E-state index in [0.717, 1.165) is 22.3 Å². The molecule has 1 fully saturated rings. The number of benzene rings is 4. The first-order valence-electron chi connectivity index (χ1n) is 12.0. The van der Waals surface area contributed by atoms with Gasteiger partial charge < -0.3 is 0 Å². The SMILES string of the molecule is CC(=O)[C@]12c3ccccc3[C@H]3c4ccccc4[C@@]1(C(=O)c1ccccc1)[C@]32C(=O)c1ccccc1. The van der Waals surface area contributed by atoms with Gasteiger partial charge in [0.2, 0.25) is 0 Å². The molecule has 3 heteroatoms. The van der Waals surface area contributed by atoms with Crippen LogP contribution in [0.15, 0.2) is 109 Å². The van der Waals surface area contributed by atoms with E-state index in [2.05, 4.69) is 0 Å². The van der Waals surface area contributed by atoms with Crippen molar-refractivity contribution in [1.29, 1.82) is 0 Å². The van der Waals surface area contributed by atoms with E-state index in [4.69, 9.17) is 0 Å². The molecule has 0 aliphatic heterocycles. The van der Waals surface area contributed by atoms with Crippen molar-refractivity contribution in [3.8, 4) is 0 Å². The molecule has 4 aromatic carbocycles. The van der Waals surface area contributed by atoms with E-state index in [1.54, 1.807) is 31.2 Å². The van der Waals surface area contributed by atoms with Crippen molar-refractivity contribution >= 4 is 17.3 Å². The summed E-state index contributed by atoms with van der Waals surface area (Å²) in [6.45, 7) is 1.56. The molecule has 0 unspecified atom stereocenters. The molecule has 3 aliphatic rings. The van der Waals surface area contributed by atoms with Crippen LogP contribution in [0.3, 0.4) is 0 Å². The van der Waals surface area contributed by atoms with Gasteiger partial charge in [-0.25, -0.2) is 0 Å². The van der Waals surface area contributed by atoms with E-state index in [1.807, 2.05) is 84.9 Å². The number of fused-ring (bicyclic) bond motifs is 7. The second kappa shape index (κ2) is 6.51. The maximum absolute atomic E-state index is 14.8. The van der Waals surface area contributed by atoms with E-state index in [0.29, 0.717) is 11.1 Å². The van der Waals surface area contributed by atoms with Gasteiger partial charge in [-0.05, 0) is 29.2 Å². The average molecular weight is 455 g/mol. The summed E-state index contributed by atoms with van der Waals surface area (Å²) < 4.78 is 0. The highest BCUT2D eigenvalue weighted by Gasteiger charge is 3.02. The molecule has 0 N–H and O–H groups in total. The van der Waals surface area contributed by atoms with Crippen molar-refractivity contribution in [3.05, 3.63) is 143 Å². The summed E-state index contributed by atoms with van der Waals surface area (Å²) in [5.74, 6) is -0.772. The predicted molar refractivity (Wildman–Crippen MR) is 133 cm³/mol. The summed E-state index contributed by atoms with van der Waals surface area (Å²) in [6.07, 6.45) is 0. The van der Waals surface area contributed by atoms with Crippen LogP contribution >= 0.6 is 0 Å². The molecule has 0 radical (unpaired) electrons. The molecule has 0 saturated heterocycles. The summed E-state index contributed by atoms with van der Waals surface area (Å²) in [5.41, 5.74) is 0.897. The Morgan fingerprint density at radius 2 is 0.971 bits per heavy atom. The highest BCUT2D eigenvalue weighted by atomic mass is 16.2. The number of carbonyl (C=O) groups is 3. The van der Waals surface area contributed by atoms with Crippen LogP contribution < -0.4 is 0 Å². The first-order chi connectivity index (χ1) is 17.1. The van der Waals surface area contributed by atoms with Gasteiger partial charge in [-0.1, -0.05) is 109 Å². The quantitative estimate of drug-likeness (QED) is 0.365. The fraction of sp³-hybridized carbons (Fsp3) is 0.156. The van der Waals surface area contributed by atoms with Gasteiger partial charge in [-0.2, -0.15) is 0 Å². The Labute approximate surface area is 203 Å². The van der Waals surface area contributed by atoms with Crippen LogP contribution in [0.1, 0.15) is 55.8 Å². The van der Waals surface area contributed by atoms with Crippen molar-refractivity contribution in [2.24, 2.45) is 5.41 Å². The minimum Gasteiger partial charge on any atom is -0.299 e. The van der Waals surface area contributed by atoms with Crippen LogP contribution in [0, 0.1) is 5.41 Å². The fourth-order valence-corrected chi connectivity index (χ4v) is 7.96. The molecule has 0 amide bonds.